The second kappa shape index (κ2) is 10.0. The first-order valence-corrected chi connectivity index (χ1v) is 13.9. The molecule has 0 aliphatic heterocycles. The zero-order valence-electron chi connectivity index (χ0n) is 19.1. The van der Waals surface area contributed by atoms with Crippen LogP contribution in [0.5, 0.6) is 0 Å². The lowest BCUT2D eigenvalue weighted by Gasteiger charge is -2.35. The fraction of sp³-hybridized carbons (Fsp3) is 0.138. The fourth-order valence-electron chi connectivity index (χ4n) is 4.48. The number of aryl methyl sites for hydroxylation is 2. The van der Waals surface area contributed by atoms with Crippen LogP contribution in [0.4, 0.5) is 0 Å². The van der Waals surface area contributed by atoms with Crippen LogP contribution in [0.3, 0.4) is 0 Å². The van der Waals surface area contributed by atoms with E-state index in [0.717, 1.165) is 11.0 Å². The minimum atomic E-state index is -0.889. The van der Waals surface area contributed by atoms with Gasteiger partial charge in [-0.15, -0.1) is 0 Å². The fourth-order valence-corrected chi connectivity index (χ4v) is 9.83. The summed E-state index contributed by atoms with van der Waals surface area (Å²) in [5.41, 5.74) is 6.29. The van der Waals surface area contributed by atoms with E-state index in [-0.39, 0.29) is 0 Å². The highest BCUT2D eigenvalue weighted by Crippen LogP contribution is 2.61. The van der Waals surface area contributed by atoms with Crippen LogP contribution in [0, 0.1) is 44.7 Å². The summed E-state index contributed by atoms with van der Waals surface area (Å²) in [5.74, 6) is 1.38. The lowest BCUT2D eigenvalue weighted by molar-refractivity contribution is 0.592. The monoisotopic (exact) mass is 469 g/mol. The van der Waals surface area contributed by atoms with Crippen molar-refractivity contribution in [2.75, 3.05) is 0 Å². The SMILES string of the molecule is Cc1ccccc1P(c1ccccc1C)C(C)[C]1[CH][CH][CH][C]1P(c1ccco1)c1ccco1. The van der Waals surface area contributed by atoms with Gasteiger partial charge in [-0.25, -0.2) is 0 Å². The van der Waals surface area contributed by atoms with Crippen molar-refractivity contribution < 1.29 is 8.83 Å². The van der Waals surface area contributed by atoms with Gasteiger partial charge in [0.2, 0.25) is 0 Å². The molecule has 0 bridgehead atoms. The Hall–Kier alpha value is -2.14. The summed E-state index contributed by atoms with van der Waals surface area (Å²) in [6.07, 6.45) is 10.3. The highest BCUT2D eigenvalue weighted by molar-refractivity contribution is 7.76. The predicted octanol–water partition coefficient (Wildman–Crippen LogP) is 6.18. The van der Waals surface area contributed by atoms with E-state index in [1.807, 2.05) is 12.1 Å². The van der Waals surface area contributed by atoms with Gasteiger partial charge in [-0.2, -0.15) is 0 Å². The molecule has 1 aliphatic rings. The van der Waals surface area contributed by atoms with Crippen molar-refractivity contribution in [1.82, 2.24) is 0 Å². The van der Waals surface area contributed by atoms with Crippen molar-refractivity contribution in [1.29, 1.82) is 0 Å². The molecule has 33 heavy (non-hydrogen) atoms. The lowest BCUT2D eigenvalue weighted by atomic mass is 10.0. The summed E-state index contributed by atoms with van der Waals surface area (Å²) in [6.45, 7) is 6.86. The summed E-state index contributed by atoms with van der Waals surface area (Å²) < 4.78 is 11.8. The minimum Gasteiger partial charge on any atom is -0.464 e. The first-order valence-electron chi connectivity index (χ1n) is 11.2. The Morgan fingerprint density at radius 2 is 1.21 bits per heavy atom. The average molecular weight is 469 g/mol. The van der Waals surface area contributed by atoms with Crippen LogP contribution in [0.15, 0.2) is 94.2 Å². The van der Waals surface area contributed by atoms with Crippen molar-refractivity contribution in [2.24, 2.45) is 0 Å². The molecular weight excluding hydrogens is 442 g/mol. The van der Waals surface area contributed by atoms with E-state index in [4.69, 9.17) is 8.83 Å². The molecule has 5 radical (unpaired) electrons. The molecule has 1 saturated carbocycles. The molecule has 2 nitrogen and oxygen atoms in total. The normalized spacial score (nSPS) is 16.2. The summed E-state index contributed by atoms with van der Waals surface area (Å²) in [6, 6.07) is 25.8. The molecule has 0 spiro atoms. The third-order valence-electron chi connectivity index (χ3n) is 6.11. The second-order valence-electron chi connectivity index (χ2n) is 8.22. The van der Waals surface area contributed by atoms with E-state index in [1.54, 1.807) is 12.5 Å². The van der Waals surface area contributed by atoms with Crippen LogP contribution in [-0.4, -0.2) is 5.66 Å². The van der Waals surface area contributed by atoms with Crippen LogP contribution in [0.1, 0.15) is 18.1 Å². The van der Waals surface area contributed by atoms with Crippen molar-refractivity contribution in [2.45, 2.75) is 26.4 Å². The Labute approximate surface area is 199 Å². The van der Waals surface area contributed by atoms with Gasteiger partial charge in [0.15, 0.2) is 0 Å². The minimum absolute atomic E-state index is 0.335. The Morgan fingerprint density at radius 1 is 0.667 bits per heavy atom. The summed E-state index contributed by atoms with van der Waals surface area (Å²) in [7, 11) is -1.50. The molecule has 1 aliphatic carbocycles. The van der Waals surface area contributed by atoms with Crippen molar-refractivity contribution >= 4 is 37.5 Å². The smallest absolute Gasteiger partial charge is 0.133 e. The topological polar surface area (TPSA) is 26.3 Å². The molecule has 0 saturated heterocycles. The highest BCUT2D eigenvalue weighted by atomic mass is 31.1. The highest BCUT2D eigenvalue weighted by Gasteiger charge is 2.44. The maximum atomic E-state index is 5.92. The van der Waals surface area contributed by atoms with E-state index in [1.165, 1.54) is 33.3 Å². The quantitative estimate of drug-likeness (QED) is 0.302. The number of hydrogen-bond donors (Lipinski definition) is 0. The number of hydrogen-bond acceptors (Lipinski definition) is 2. The van der Waals surface area contributed by atoms with Gasteiger partial charge in [0, 0.05) is 13.6 Å². The first kappa shape index (κ1) is 22.6. The lowest BCUT2D eigenvalue weighted by Crippen LogP contribution is -2.29. The number of rotatable bonds is 7. The third kappa shape index (κ3) is 4.49. The van der Waals surface area contributed by atoms with E-state index in [0.29, 0.717) is 5.66 Å². The van der Waals surface area contributed by atoms with E-state index >= 15 is 0 Å². The van der Waals surface area contributed by atoms with E-state index < -0.39 is 15.8 Å². The van der Waals surface area contributed by atoms with Gasteiger partial charge in [0.25, 0.3) is 0 Å². The Bertz CT molecular complexity index is 1090. The van der Waals surface area contributed by atoms with Gasteiger partial charge >= 0.3 is 0 Å². The van der Waals surface area contributed by atoms with Crippen LogP contribution in [-0.2, 0) is 0 Å². The van der Waals surface area contributed by atoms with Crippen LogP contribution >= 0.6 is 15.8 Å². The molecule has 2 aromatic heterocycles. The summed E-state index contributed by atoms with van der Waals surface area (Å²) in [5, 5.41) is 2.89. The molecular formula is C29H27O2P2. The largest absolute Gasteiger partial charge is 0.464 e. The Balaban J connectivity index is 1.57. The molecule has 1 unspecified atom stereocenters. The molecule has 0 amide bonds. The van der Waals surface area contributed by atoms with Crippen LogP contribution in [0.25, 0.3) is 0 Å². The molecule has 2 heterocycles. The Kier molecular flexibility index (Phi) is 6.86. The van der Waals surface area contributed by atoms with Gasteiger partial charge in [0.1, 0.15) is 11.0 Å². The summed E-state index contributed by atoms with van der Waals surface area (Å²) >= 11 is 0. The van der Waals surface area contributed by atoms with Crippen molar-refractivity contribution in [3.05, 3.63) is 127 Å². The number of benzene rings is 2. The Morgan fingerprint density at radius 3 is 1.70 bits per heavy atom. The third-order valence-corrected chi connectivity index (χ3v) is 11.5. The van der Waals surface area contributed by atoms with Gasteiger partial charge in [0.05, 0.1) is 12.5 Å². The standard InChI is InChI=1S/C29H27O2P2/c1-21-11-4-6-14-25(21)32(26-15-7-5-12-22(26)2)23(3)24-13-8-16-27(24)33(28-17-9-19-30-28)29-18-10-20-31-29/h4-20,23H,1-3H3. The zero-order valence-corrected chi connectivity index (χ0v) is 20.9. The second-order valence-corrected chi connectivity index (χ2v) is 12.7. The van der Waals surface area contributed by atoms with Crippen molar-refractivity contribution in [3.8, 4) is 0 Å². The van der Waals surface area contributed by atoms with Gasteiger partial charge < -0.3 is 8.83 Å². The molecule has 1 fully saturated rings. The van der Waals surface area contributed by atoms with Crippen molar-refractivity contribution in [3.63, 3.8) is 0 Å². The summed E-state index contributed by atoms with van der Waals surface area (Å²) in [4.78, 5) is 0. The van der Waals surface area contributed by atoms with Gasteiger partial charge in [-0.05, 0) is 98.6 Å². The number of furan rings is 2. The van der Waals surface area contributed by atoms with E-state index in [9.17, 15) is 0 Å². The van der Waals surface area contributed by atoms with Crippen LogP contribution in [0.2, 0.25) is 0 Å². The van der Waals surface area contributed by atoms with E-state index in [2.05, 4.69) is 101 Å². The van der Waals surface area contributed by atoms with Gasteiger partial charge in [-0.3, -0.25) is 0 Å². The maximum absolute atomic E-state index is 5.92. The first-order chi connectivity index (χ1) is 16.1. The average Bonchev–Trinajstić information content (AvgIpc) is 3.61. The molecule has 2 aromatic carbocycles. The maximum Gasteiger partial charge on any atom is 0.133 e. The molecule has 165 valence electrons. The molecule has 5 rings (SSSR count). The predicted molar refractivity (Wildman–Crippen MR) is 141 cm³/mol. The molecule has 4 heteroatoms. The van der Waals surface area contributed by atoms with Crippen LogP contribution < -0.4 is 21.6 Å². The molecule has 1 atom stereocenters. The molecule has 0 N–H and O–H groups in total. The van der Waals surface area contributed by atoms with Gasteiger partial charge in [-0.1, -0.05) is 55.5 Å². The molecule has 4 aromatic rings. The zero-order chi connectivity index (χ0) is 22.8.